The van der Waals surface area contributed by atoms with Crippen molar-refractivity contribution < 1.29 is 14.3 Å². The molecule has 0 aliphatic carbocycles. The molecule has 1 heterocycles. The lowest BCUT2D eigenvalue weighted by molar-refractivity contribution is 0.0527. The SMILES string of the molecule is CC(C)(C)OC(=O)NCCCCC(=O)c1ccc[nH]c1=O. The first-order chi connectivity index (χ1) is 9.79. The third-order valence-electron chi connectivity index (χ3n) is 2.62. The monoisotopic (exact) mass is 294 g/mol. The average molecular weight is 294 g/mol. The van der Waals surface area contributed by atoms with Crippen LogP contribution in [-0.2, 0) is 4.74 Å². The zero-order chi connectivity index (χ0) is 15.9. The van der Waals surface area contributed by atoms with Gasteiger partial charge in [0.25, 0.3) is 5.56 Å². The summed E-state index contributed by atoms with van der Waals surface area (Å²) in [7, 11) is 0. The van der Waals surface area contributed by atoms with Gasteiger partial charge in [-0.2, -0.15) is 0 Å². The maximum absolute atomic E-state index is 11.8. The summed E-state index contributed by atoms with van der Waals surface area (Å²) in [6.07, 6.45) is 2.55. The fourth-order valence-electron chi connectivity index (χ4n) is 1.69. The van der Waals surface area contributed by atoms with Gasteiger partial charge in [-0.15, -0.1) is 0 Å². The fraction of sp³-hybridized carbons (Fsp3) is 0.533. The van der Waals surface area contributed by atoms with Gasteiger partial charge in [0.2, 0.25) is 0 Å². The van der Waals surface area contributed by atoms with E-state index >= 15 is 0 Å². The lowest BCUT2D eigenvalue weighted by Gasteiger charge is -2.19. The van der Waals surface area contributed by atoms with E-state index in [1.54, 1.807) is 26.8 Å². The van der Waals surface area contributed by atoms with Gasteiger partial charge in [0, 0.05) is 19.2 Å². The second-order valence-electron chi connectivity index (χ2n) is 5.72. The number of carbonyl (C=O) groups excluding carboxylic acids is 2. The summed E-state index contributed by atoms with van der Waals surface area (Å²) in [4.78, 5) is 37.1. The van der Waals surface area contributed by atoms with Crippen molar-refractivity contribution in [3.05, 3.63) is 34.2 Å². The molecule has 0 saturated heterocycles. The molecule has 0 bridgehead atoms. The van der Waals surface area contributed by atoms with Crippen LogP contribution in [0, 0.1) is 0 Å². The maximum Gasteiger partial charge on any atom is 0.407 e. The number of hydrogen-bond donors (Lipinski definition) is 2. The number of hydrogen-bond acceptors (Lipinski definition) is 4. The zero-order valence-electron chi connectivity index (χ0n) is 12.7. The van der Waals surface area contributed by atoms with E-state index in [0.29, 0.717) is 19.4 Å². The summed E-state index contributed by atoms with van der Waals surface area (Å²) in [5.41, 5.74) is -0.707. The molecule has 1 amide bonds. The minimum Gasteiger partial charge on any atom is -0.444 e. The first kappa shape index (κ1) is 16.9. The molecule has 1 rings (SSSR count). The Morgan fingerprint density at radius 3 is 2.62 bits per heavy atom. The van der Waals surface area contributed by atoms with Gasteiger partial charge in [-0.25, -0.2) is 4.79 Å². The number of nitrogens with one attached hydrogen (secondary N) is 2. The fourth-order valence-corrected chi connectivity index (χ4v) is 1.69. The molecule has 0 fully saturated rings. The number of carbonyl (C=O) groups is 2. The third-order valence-corrected chi connectivity index (χ3v) is 2.62. The molecule has 0 atom stereocenters. The molecule has 1 aromatic rings. The van der Waals surface area contributed by atoms with Crippen molar-refractivity contribution in [2.75, 3.05) is 6.54 Å². The van der Waals surface area contributed by atoms with E-state index in [2.05, 4.69) is 10.3 Å². The highest BCUT2D eigenvalue weighted by Gasteiger charge is 2.15. The molecule has 0 aliphatic rings. The number of ether oxygens (including phenoxy) is 1. The molecule has 6 heteroatoms. The van der Waals surface area contributed by atoms with Crippen LogP contribution in [-0.4, -0.2) is 29.0 Å². The minimum absolute atomic E-state index is 0.178. The number of ketones is 1. The molecule has 1 aromatic heterocycles. The molecule has 0 aliphatic heterocycles. The second kappa shape index (κ2) is 7.61. The smallest absolute Gasteiger partial charge is 0.407 e. The van der Waals surface area contributed by atoms with Crippen LogP contribution >= 0.6 is 0 Å². The van der Waals surface area contributed by atoms with Gasteiger partial charge in [-0.3, -0.25) is 9.59 Å². The Morgan fingerprint density at radius 2 is 2.00 bits per heavy atom. The number of aromatic amines is 1. The molecule has 0 unspecified atom stereocenters. The Balaban J connectivity index is 2.23. The molecular weight excluding hydrogens is 272 g/mol. The number of unbranched alkanes of at least 4 members (excludes halogenated alkanes) is 1. The second-order valence-corrected chi connectivity index (χ2v) is 5.72. The number of alkyl carbamates (subject to hydrolysis) is 1. The molecule has 2 N–H and O–H groups in total. The Morgan fingerprint density at radius 1 is 1.29 bits per heavy atom. The van der Waals surface area contributed by atoms with E-state index < -0.39 is 11.7 Å². The number of Topliss-reactive ketones (excluding diaryl/α,β-unsaturated/α-hetero) is 1. The summed E-state index contributed by atoms with van der Waals surface area (Å²) >= 11 is 0. The number of aromatic nitrogens is 1. The first-order valence-corrected chi connectivity index (χ1v) is 6.97. The van der Waals surface area contributed by atoms with Crippen molar-refractivity contribution in [3.8, 4) is 0 Å². The van der Waals surface area contributed by atoms with Crippen LogP contribution in [0.15, 0.2) is 23.1 Å². The summed E-state index contributed by atoms with van der Waals surface area (Å²) in [6.45, 7) is 5.82. The minimum atomic E-state index is -0.519. The summed E-state index contributed by atoms with van der Waals surface area (Å²) in [6, 6.07) is 3.14. The van der Waals surface area contributed by atoms with Gasteiger partial charge in [0.1, 0.15) is 5.60 Å². The number of H-pyrrole nitrogens is 1. The molecular formula is C15H22N2O4. The topological polar surface area (TPSA) is 88.3 Å². The number of rotatable bonds is 6. The molecule has 6 nitrogen and oxygen atoms in total. The molecule has 116 valence electrons. The average Bonchev–Trinajstić information content (AvgIpc) is 2.36. The third kappa shape index (κ3) is 6.74. The highest BCUT2D eigenvalue weighted by Crippen LogP contribution is 2.06. The van der Waals surface area contributed by atoms with Crippen LogP contribution in [0.5, 0.6) is 0 Å². The quantitative estimate of drug-likeness (QED) is 0.622. The summed E-state index contributed by atoms with van der Waals surface area (Å²) in [5, 5.41) is 2.62. The van der Waals surface area contributed by atoms with Gasteiger partial charge in [0.05, 0.1) is 5.56 Å². The Labute approximate surface area is 123 Å². The van der Waals surface area contributed by atoms with E-state index in [9.17, 15) is 14.4 Å². The molecule has 0 saturated carbocycles. The Kier molecular flexibility index (Phi) is 6.14. The Bertz CT molecular complexity index is 543. The van der Waals surface area contributed by atoms with E-state index in [4.69, 9.17) is 4.74 Å². The van der Waals surface area contributed by atoms with E-state index in [1.807, 2.05) is 0 Å². The number of pyridine rings is 1. The lowest BCUT2D eigenvalue weighted by atomic mass is 10.1. The van der Waals surface area contributed by atoms with Gasteiger partial charge < -0.3 is 15.0 Å². The largest absolute Gasteiger partial charge is 0.444 e. The molecule has 0 radical (unpaired) electrons. The summed E-state index contributed by atoms with van der Waals surface area (Å²) < 4.78 is 5.09. The van der Waals surface area contributed by atoms with Gasteiger partial charge in [-0.05, 0) is 45.7 Å². The molecule has 0 aromatic carbocycles. The van der Waals surface area contributed by atoms with Crippen molar-refractivity contribution in [2.45, 2.75) is 45.6 Å². The van der Waals surface area contributed by atoms with E-state index in [0.717, 1.165) is 0 Å². The van der Waals surface area contributed by atoms with Crippen LogP contribution in [0.3, 0.4) is 0 Å². The number of amides is 1. The first-order valence-electron chi connectivity index (χ1n) is 6.97. The normalized spacial score (nSPS) is 11.0. The predicted octanol–water partition coefficient (Wildman–Crippen LogP) is 2.25. The van der Waals surface area contributed by atoms with Crippen LogP contribution in [0.4, 0.5) is 4.79 Å². The van der Waals surface area contributed by atoms with E-state index in [-0.39, 0.29) is 23.3 Å². The van der Waals surface area contributed by atoms with E-state index in [1.165, 1.54) is 12.3 Å². The van der Waals surface area contributed by atoms with Gasteiger partial charge in [0.15, 0.2) is 5.78 Å². The van der Waals surface area contributed by atoms with Crippen molar-refractivity contribution in [1.82, 2.24) is 10.3 Å². The zero-order valence-corrected chi connectivity index (χ0v) is 12.7. The van der Waals surface area contributed by atoms with Crippen LogP contribution in [0.2, 0.25) is 0 Å². The van der Waals surface area contributed by atoms with Crippen molar-refractivity contribution in [3.63, 3.8) is 0 Å². The Hall–Kier alpha value is -2.11. The van der Waals surface area contributed by atoms with Gasteiger partial charge >= 0.3 is 6.09 Å². The molecule has 0 spiro atoms. The van der Waals surface area contributed by atoms with Gasteiger partial charge in [-0.1, -0.05) is 0 Å². The molecule has 21 heavy (non-hydrogen) atoms. The summed E-state index contributed by atoms with van der Waals surface area (Å²) in [5.74, 6) is -0.186. The maximum atomic E-state index is 11.8. The predicted molar refractivity (Wildman–Crippen MR) is 79.5 cm³/mol. The van der Waals surface area contributed by atoms with Crippen LogP contribution in [0.1, 0.15) is 50.4 Å². The van der Waals surface area contributed by atoms with Crippen molar-refractivity contribution >= 4 is 11.9 Å². The standard InChI is InChI=1S/C15H22N2O4/c1-15(2,3)21-14(20)17-9-5-4-8-12(18)11-7-6-10-16-13(11)19/h6-7,10H,4-5,8-9H2,1-3H3,(H,16,19)(H,17,20). The van der Waals surface area contributed by atoms with Crippen LogP contribution in [0.25, 0.3) is 0 Å². The van der Waals surface area contributed by atoms with Crippen LogP contribution < -0.4 is 10.9 Å². The van der Waals surface area contributed by atoms with Crippen molar-refractivity contribution in [1.29, 1.82) is 0 Å². The van der Waals surface area contributed by atoms with Crippen molar-refractivity contribution in [2.24, 2.45) is 0 Å². The lowest BCUT2D eigenvalue weighted by Crippen LogP contribution is -2.33. The highest BCUT2D eigenvalue weighted by atomic mass is 16.6. The highest BCUT2D eigenvalue weighted by molar-refractivity contribution is 5.95.